The van der Waals surface area contributed by atoms with Gasteiger partial charge >= 0.3 is 0 Å². The molecule has 25 heavy (non-hydrogen) atoms. The van der Waals surface area contributed by atoms with Gasteiger partial charge in [-0.25, -0.2) is 4.99 Å². The van der Waals surface area contributed by atoms with Crippen LogP contribution in [0.3, 0.4) is 0 Å². The van der Waals surface area contributed by atoms with Crippen molar-refractivity contribution in [3.05, 3.63) is 34.5 Å². The van der Waals surface area contributed by atoms with Gasteiger partial charge in [-0.15, -0.1) is 0 Å². The Labute approximate surface area is 152 Å². The number of aromatic nitrogens is 1. The number of nitriles is 1. The van der Waals surface area contributed by atoms with Crippen LogP contribution in [-0.4, -0.2) is 29.7 Å². The Morgan fingerprint density at radius 2 is 2.04 bits per heavy atom. The van der Waals surface area contributed by atoms with Crippen LogP contribution >= 0.6 is 11.5 Å². The Kier molecular flexibility index (Phi) is 4.53. The van der Waals surface area contributed by atoms with Gasteiger partial charge in [-0.3, -0.25) is 0 Å². The fraction of sp³-hybridized carbons (Fsp3) is 0.421. The minimum absolute atomic E-state index is 0.0545. The molecule has 3 rings (SSSR count). The molecule has 1 saturated carbocycles. The lowest BCUT2D eigenvalue weighted by Gasteiger charge is -2.11. The van der Waals surface area contributed by atoms with Crippen LogP contribution < -0.4 is 4.74 Å². The summed E-state index contributed by atoms with van der Waals surface area (Å²) in [6, 6.07) is 6.25. The number of hydrogen-bond acceptors (Lipinski definition) is 5. The fourth-order valence-electron chi connectivity index (χ4n) is 2.58. The predicted molar refractivity (Wildman–Crippen MR) is 101 cm³/mol. The summed E-state index contributed by atoms with van der Waals surface area (Å²) in [5.74, 6) is 0.744. The van der Waals surface area contributed by atoms with Gasteiger partial charge in [-0.05, 0) is 49.9 Å². The molecular weight excluding hydrogens is 332 g/mol. The third-order valence-corrected chi connectivity index (χ3v) is 5.20. The average Bonchev–Trinajstić information content (AvgIpc) is 3.16. The minimum Gasteiger partial charge on any atom is -0.443 e. The Bertz CT molecular complexity index is 872. The van der Waals surface area contributed by atoms with Crippen molar-refractivity contribution in [2.24, 2.45) is 4.99 Å². The zero-order valence-corrected chi connectivity index (χ0v) is 16.1. The monoisotopic (exact) mass is 354 g/mol. The number of benzene rings is 1. The Morgan fingerprint density at radius 3 is 2.64 bits per heavy atom. The molecule has 1 aromatic carbocycles. The molecule has 0 saturated heterocycles. The highest BCUT2D eigenvalue weighted by Crippen LogP contribution is 2.51. The molecule has 0 radical (unpaired) electrons. The fourth-order valence-corrected chi connectivity index (χ4v) is 3.43. The summed E-state index contributed by atoms with van der Waals surface area (Å²) in [7, 11) is 3.88. The summed E-state index contributed by atoms with van der Waals surface area (Å²) in [5, 5.41) is 10.1. The quantitative estimate of drug-likeness (QED) is 0.577. The molecule has 0 aliphatic heterocycles. The van der Waals surface area contributed by atoms with E-state index in [1.165, 1.54) is 11.5 Å². The average molecular weight is 354 g/mol. The Balaban J connectivity index is 1.90. The van der Waals surface area contributed by atoms with Crippen LogP contribution in [-0.2, 0) is 5.41 Å². The first-order valence-corrected chi connectivity index (χ1v) is 9.01. The molecule has 0 unspecified atom stereocenters. The zero-order chi connectivity index (χ0) is 18.2. The van der Waals surface area contributed by atoms with E-state index in [0.29, 0.717) is 10.6 Å². The van der Waals surface area contributed by atoms with Crippen molar-refractivity contribution in [1.29, 1.82) is 5.26 Å². The Morgan fingerprint density at radius 1 is 1.32 bits per heavy atom. The maximum absolute atomic E-state index is 9.56. The van der Waals surface area contributed by atoms with E-state index in [0.717, 1.165) is 41.1 Å². The SMILES string of the molecule is Cc1cc(Oc2snc(C3(C)CC3)c2C#N)c(C)cc1N=CN(C)C. The number of aryl methyl sites for hydroxylation is 2. The van der Waals surface area contributed by atoms with Crippen molar-refractivity contribution in [2.45, 2.75) is 39.0 Å². The summed E-state index contributed by atoms with van der Waals surface area (Å²) < 4.78 is 10.6. The third-order valence-electron chi connectivity index (χ3n) is 4.47. The van der Waals surface area contributed by atoms with Gasteiger partial charge in [0.05, 0.1) is 17.7 Å². The first-order valence-electron chi connectivity index (χ1n) is 8.24. The molecule has 1 aliphatic carbocycles. The van der Waals surface area contributed by atoms with Crippen molar-refractivity contribution in [3.63, 3.8) is 0 Å². The lowest BCUT2D eigenvalue weighted by atomic mass is 10.0. The van der Waals surface area contributed by atoms with Crippen LogP contribution in [0.2, 0.25) is 0 Å². The smallest absolute Gasteiger partial charge is 0.218 e. The van der Waals surface area contributed by atoms with E-state index < -0.39 is 0 Å². The number of hydrogen-bond donors (Lipinski definition) is 0. The lowest BCUT2D eigenvalue weighted by molar-refractivity contribution is 0.490. The predicted octanol–water partition coefficient (Wildman–Crippen LogP) is 4.70. The van der Waals surface area contributed by atoms with Gasteiger partial charge in [0.15, 0.2) is 0 Å². The molecule has 2 aromatic rings. The van der Waals surface area contributed by atoms with Crippen LogP contribution in [0.5, 0.6) is 10.8 Å². The van der Waals surface area contributed by atoms with E-state index in [4.69, 9.17) is 4.74 Å². The van der Waals surface area contributed by atoms with E-state index in [2.05, 4.69) is 22.4 Å². The van der Waals surface area contributed by atoms with Gasteiger partial charge in [0, 0.05) is 31.0 Å². The van der Waals surface area contributed by atoms with Gasteiger partial charge in [-0.1, -0.05) is 6.92 Å². The van der Waals surface area contributed by atoms with Gasteiger partial charge in [-0.2, -0.15) is 9.64 Å². The van der Waals surface area contributed by atoms with E-state index in [1.54, 1.807) is 6.34 Å². The first-order chi connectivity index (χ1) is 11.8. The highest BCUT2D eigenvalue weighted by atomic mass is 32.1. The van der Waals surface area contributed by atoms with E-state index in [1.807, 2.05) is 45.0 Å². The van der Waals surface area contributed by atoms with Crippen molar-refractivity contribution >= 4 is 23.6 Å². The third kappa shape index (κ3) is 3.52. The van der Waals surface area contributed by atoms with Gasteiger partial charge in [0.1, 0.15) is 17.4 Å². The molecule has 0 spiro atoms. The topological polar surface area (TPSA) is 61.5 Å². The summed E-state index contributed by atoms with van der Waals surface area (Å²) >= 11 is 1.26. The molecule has 0 atom stereocenters. The second-order valence-corrected chi connectivity index (χ2v) is 7.82. The molecule has 1 fully saturated rings. The molecule has 5 nitrogen and oxygen atoms in total. The number of ether oxygens (including phenoxy) is 1. The van der Waals surface area contributed by atoms with Crippen LogP contribution in [0.25, 0.3) is 0 Å². The molecule has 1 aromatic heterocycles. The number of rotatable bonds is 5. The van der Waals surface area contributed by atoms with E-state index in [9.17, 15) is 5.26 Å². The lowest BCUT2D eigenvalue weighted by Crippen LogP contribution is -2.07. The molecule has 6 heteroatoms. The maximum atomic E-state index is 9.56. The first kappa shape index (κ1) is 17.4. The van der Waals surface area contributed by atoms with Crippen molar-refractivity contribution in [1.82, 2.24) is 9.27 Å². The molecule has 0 amide bonds. The van der Waals surface area contributed by atoms with Gasteiger partial charge in [0.25, 0.3) is 0 Å². The zero-order valence-electron chi connectivity index (χ0n) is 15.3. The Hall–Kier alpha value is -2.39. The highest BCUT2D eigenvalue weighted by Gasteiger charge is 2.44. The molecule has 0 N–H and O–H groups in total. The highest BCUT2D eigenvalue weighted by molar-refractivity contribution is 7.08. The second kappa shape index (κ2) is 6.49. The van der Waals surface area contributed by atoms with Crippen molar-refractivity contribution < 1.29 is 4.74 Å². The van der Waals surface area contributed by atoms with Crippen molar-refractivity contribution in [3.8, 4) is 16.9 Å². The largest absolute Gasteiger partial charge is 0.443 e. The second-order valence-electron chi connectivity index (χ2n) is 7.08. The maximum Gasteiger partial charge on any atom is 0.218 e. The molecule has 0 bridgehead atoms. The summed E-state index contributed by atoms with van der Waals surface area (Å²) in [5.41, 5.74) is 4.44. The van der Waals surface area contributed by atoms with E-state index >= 15 is 0 Å². The normalized spacial score (nSPS) is 15.2. The summed E-state index contributed by atoms with van der Waals surface area (Å²) in [4.78, 5) is 6.37. The van der Waals surface area contributed by atoms with Crippen LogP contribution in [0, 0.1) is 25.2 Å². The molecular formula is C19H22N4OS. The van der Waals surface area contributed by atoms with Gasteiger partial charge in [0.2, 0.25) is 5.06 Å². The van der Waals surface area contributed by atoms with Crippen LogP contribution in [0.1, 0.15) is 42.1 Å². The van der Waals surface area contributed by atoms with Crippen LogP contribution in [0.4, 0.5) is 5.69 Å². The summed E-state index contributed by atoms with van der Waals surface area (Å²) in [6.45, 7) is 6.14. The summed E-state index contributed by atoms with van der Waals surface area (Å²) in [6.07, 6.45) is 3.95. The molecule has 1 heterocycles. The number of aliphatic imine (C=N–C) groups is 1. The molecule has 1 aliphatic rings. The minimum atomic E-state index is 0.0545. The number of nitrogens with zero attached hydrogens (tertiary/aromatic N) is 4. The van der Waals surface area contributed by atoms with Crippen molar-refractivity contribution in [2.75, 3.05) is 14.1 Å². The van der Waals surface area contributed by atoms with Gasteiger partial charge < -0.3 is 9.64 Å². The van der Waals surface area contributed by atoms with E-state index in [-0.39, 0.29) is 5.41 Å². The molecule has 130 valence electrons. The van der Waals surface area contributed by atoms with Crippen LogP contribution in [0.15, 0.2) is 17.1 Å². The standard InChI is InChI=1S/C19H22N4OS/c1-12-9-16(13(2)8-15(12)21-11-23(4)5)24-18-14(10-20)17(22-25-18)19(3)6-7-19/h8-9,11H,6-7H2,1-5H3.